The minimum atomic E-state index is 0.348. The van der Waals surface area contributed by atoms with Gasteiger partial charge in [0.2, 0.25) is 0 Å². The lowest BCUT2D eigenvalue weighted by atomic mass is 10.0. The second-order valence-corrected chi connectivity index (χ2v) is 3.60. The zero-order chi connectivity index (χ0) is 11.4. The minimum Gasteiger partial charge on any atom is -0.496 e. The predicted molar refractivity (Wildman–Crippen MR) is 60.2 cm³/mol. The Morgan fingerprint density at radius 3 is 1.60 bits per heavy atom. The fourth-order valence-corrected chi connectivity index (χ4v) is 1.60. The molecule has 84 valence electrons. The largest absolute Gasteiger partial charge is 0.496 e. The highest BCUT2D eigenvalue weighted by molar-refractivity contribution is 5.52. The second kappa shape index (κ2) is 4.91. The van der Waals surface area contributed by atoms with Crippen molar-refractivity contribution in [3.63, 3.8) is 0 Å². The molecular formula is C12H18O3. The summed E-state index contributed by atoms with van der Waals surface area (Å²) in [4.78, 5) is 0. The van der Waals surface area contributed by atoms with E-state index in [4.69, 9.17) is 14.2 Å². The number of hydrogen-bond donors (Lipinski definition) is 0. The Kier molecular flexibility index (Phi) is 3.83. The molecule has 0 aliphatic rings. The quantitative estimate of drug-likeness (QED) is 0.764. The van der Waals surface area contributed by atoms with Gasteiger partial charge in [0, 0.05) is 17.7 Å². The van der Waals surface area contributed by atoms with E-state index < -0.39 is 0 Å². The average Bonchev–Trinajstić information content (AvgIpc) is 2.26. The molecule has 0 radical (unpaired) electrons. The molecule has 0 aromatic heterocycles. The molecule has 3 nitrogen and oxygen atoms in total. The molecule has 0 saturated carbocycles. The van der Waals surface area contributed by atoms with Crippen molar-refractivity contribution in [2.24, 2.45) is 0 Å². The Hall–Kier alpha value is -1.38. The molecular weight excluding hydrogens is 192 g/mol. The number of rotatable bonds is 4. The van der Waals surface area contributed by atoms with Crippen molar-refractivity contribution in [1.29, 1.82) is 0 Å². The highest BCUT2D eigenvalue weighted by Gasteiger charge is 2.15. The van der Waals surface area contributed by atoms with E-state index in [2.05, 4.69) is 13.8 Å². The molecule has 1 aromatic carbocycles. The third-order valence-corrected chi connectivity index (χ3v) is 2.33. The van der Waals surface area contributed by atoms with Crippen LogP contribution in [0.3, 0.4) is 0 Å². The standard InChI is InChI=1S/C12H18O3/c1-8(2)12-10(14-4)6-9(13-3)7-11(12)15-5/h6-8H,1-5H3. The number of ether oxygens (including phenoxy) is 3. The van der Waals surface area contributed by atoms with E-state index in [1.807, 2.05) is 12.1 Å². The molecule has 15 heavy (non-hydrogen) atoms. The summed E-state index contributed by atoms with van der Waals surface area (Å²) in [6.07, 6.45) is 0. The van der Waals surface area contributed by atoms with Gasteiger partial charge in [-0.25, -0.2) is 0 Å². The number of methoxy groups -OCH3 is 3. The van der Waals surface area contributed by atoms with E-state index in [-0.39, 0.29) is 0 Å². The molecule has 0 saturated heterocycles. The van der Waals surface area contributed by atoms with Crippen molar-refractivity contribution in [3.05, 3.63) is 17.7 Å². The number of hydrogen-bond acceptors (Lipinski definition) is 3. The topological polar surface area (TPSA) is 27.7 Å². The van der Waals surface area contributed by atoms with Crippen LogP contribution in [0.4, 0.5) is 0 Å². The predicted octanol–water partition coefficient (Wildman–Crippen LogP) is 2.84. The van der Waals surface area contributed by atoms with Crippen LogP contribution in [0.2, 0.25) is 0 Å². The van der Waals surface area contributed by atoms with Crippen molar-refractivity contribution in [2.75, 3.05) is 21.3 Å². The third-order valence-electron chi connectivity index (χ3n) is 2.33. The van der Waals surface area contributed by atoms with Crippen LogP contribution in [-0.2, 0) is 0 Å². The zero-order valence-electron chi connectivity index (χ0n) is 9.96. The lowest BCUT2D eigenvalue weighted by molar-refractivity contribution is 0.366. The fourth-order valence-electron chi connectivity index (χ4n) is 1.60. The van der Waals surface area contributed by atoms with Crippen molar-refractivity contribution in [2.45, 2.75) is 19.8 Å². The Morgan fingerprint density at radius 1 is 0.867 bits per heavy atom. The van der Waals surface area contributed by atoms with Crippen molar-refractivity contribution >= 4 is 0 Å². The summed E-state index contributed by atoms with van der Waals surface area (Å²) in [6.45, 7) is 4.21. The van der Waals surface area contributed by atoms with E-state index >= 15 is 0 Å². The Balaban J connectivity index is 3.32. The molecule has 0 fully saturated rings. The van der Waals surface area contributed by atoms with Gasteiger partial charge in [-0.3, -0.25) is 0 Å². The summed E-state index contributed by atoms with van der Waals surface area (Å²) in [5.41, 5.74) is 1.07. The van der Waals surface area contributed by atoms with E-state index in [1.54, 1.807) is 21.3 Å². The molecule has 0 amide bonds. The minimum absolute atomic E-state index is 0.348. The molecule has 0 N–H and O–H groups in total. The summed E-state index contributed by atoms with van der Waals surface area (Å²) in [5.74, 6) is 2.70. The summed E-state index contributed by atoms with van der Waals surface area (Å²) in [7, 11) is 4.93. The van der Waals surface area contributed by atoms with Crippen LogP contribution >= 0.6 is 0 Å². The van der Waals surface area contributed by atoms with Crippen LogP contribution < -0.4 is 14.2 Å². The number of benzene rings is 1. The molecule has 0 atom stereocenters. The van der Waals surface area contributed by atoms with Crippen molar-refractivity contribution < 1.29 is 14.2 Å². The van der Waals surface area contributed by atoms with Crippen LogP contribution in [-0.4, -0.2) is 21.3 Å². The smallest absolute Gasteiger partial charge is 0.129 e. The Labute approximate surface area is 91.0 Å². The van der Waals surface area contributed by atoms with Gasteiger partial charge in [0.25, 0.3) is 0 Å². The molecule has 0 heterocycles. The lowest BCUT2D eigenvalue weighted by Gasteiger charge is -2.17. The molecule has 0 unspecified atom stereocenters. The van der Waals surface area contributed by atoms with Gasteiger partial charge in [-0.15, -0.1) is 0 Å². The van der Waals surface area contributed by atoms with Gasteiger partial charge in [0.05, 0.1) is 21.3 Å². The van der Waals surface area contributed by atoms with Crippen LogP contribution in [0.1, 0.15) is 25.3 Å². The summed E-state index contributed by atoms with van der Waals surface area (Å²) in [6, 6.07) is 3.75. The summed E-state index contributed by atoms with van der Waals surface area (Å²) in [5, 5.41) is 0. The monoisotopic (exact) mass is 210 g/mol. The second-order valence-electron chi connectivity index (χ2n) is 3.60. The average molecular weight is 210 g/mol. The molecule has 3 heteroatoms. The van der Waals surface area contributed by atoms with Crippen LogP contribution in [0.5, 0.6) is 17.2 Å². The van der Waals surface area contributed by atoms with E-state index in [0.29, 0.717) is 5.92 Å². The third kappa shape index (κ3) is 2.35. The van der Waals surface area contributed by atoms with Crippen LogP contribution in [0.25, 0.3) is 0 Å². The van der Waals surface area contributed by atoms with E-state index in [9.17, 15) is 0 Å². The molecule has 0 spiro atoms. The lowest BCUT2D eigenvalue weighted by Crippen LogP contribution is -1.99. The molecule has 1 aromatic rings. The van der Waals surface area contributed by atoms with Gasteiger partial charge in [0.1, 0.15) is 17.2 Å². The molecule has 0 bridgehead atoms. The van der Waals surface area contributed by atoms with Gasteiger partial charge in [-0.05, 0) is 5.92 Å². The highest BCUT2D eigenvalue weighted by Crippen LogP contribution is 2.38. The van der Waals surface area contributed by atoms with Gasteiger partial charge >= 0.3 is 0 Å². The van der Waals surface area contributed by atoms with Crippen LogP contribution in [0, 0.1) is 0 Å². The maximum Gasteiger partial charge on any atom is 0.129 e. The summed E-state index contributed by atoms with van der Waals surface area (Å²) < 4.78 is 15.8. The SMILES string of the molecule is COc1cc(OC)c(C(C)C)c(OC)c1. The zero-order valence-corrected chi connectivity index (χ0v) is 9.96. The van der Waals surface area contributed by atoms with Crippen molar-refractivity contribution in [1.82, 2.24) is 0 Å². The van der Waals surface area contributed by atoms with Gasteiger partial charge in [0.15, 0.2) is 0 Å². The maximum atomic E-state index is 5.33. The Morgan fingerprint density at radius 2 is 1.33 bits per heavy atom. The normalized spacial score (nSPS) is 10.3. The first kappa shape index (κ1) is 11.7. The molecule has 0 aliphatic carbocycles. The first-order valence-electron chi connectivity index (χ1n) is 4.94. The van der Waals surface area contributed by atoms with Gasteiger partial charge in [-0.1, -0.05) is 13.8 Å². The van der Waals surface area contributed by atoms with Gasteiger partial charge in [-0.2, -0.15) is 0 Å². The fraction of sp³-hybridized carbons (Fsp3) is 0.500. The summed E-state index contributed by atoms with van der Waals surface area (Å²) >= 11 is 0. The molecule has 1 rings (SSSR count). The van der Waals surface area contributed by atoms with Crippen molar-refractivity contribution in [3.8, 4) is 17.2 Å². The highest BCUT2D eigenvalue weighted by atomic mass is 16.5. The molecule has 0 aliphatic heterocycles. The first-order chi connectivity index (χ1) is 7.13. The maximum absolute atomic E-state index is 5.33. The van der Waals surface area contributed by atoms with E-state index in [0.717, 1.165) is 22.8 Å². The van der Waals surface area contributed by atoms with E-state index in [1.165, 1.54) is 0 Å². The van der Waals surface area contributed by atoms with Crippen LogP contribution in [0.15, 0.2) is 12.1 Å². The van der Waals surface area contributed by atoms with Gasteiger partial charge < -0.3 is 14.2 Å². The Bertz CT molecular complexity index is 307. The first-order valence-corrected chi connectivity index (χ1v) is 4.94.